The Morgan fingerprint density at radius 3 is 2.62 bits per heavy atom. The van der Waals surface area contributed by atoms with E-state index in [0.29, 0.717) is 5.02 Å². The van der Waals surface area contributed by atoms with Gasteiger partial charge in [-0.2, -0.15) is 0 Å². The highest BCUT2D eigenvalue weighted by atomic mass is 35.5. The average Bonchev–Trinajstić information content (AvgIpc) is 2.57. The zero-order chi connectivity index (χ0) is 9.26. The lowest BCUT2D eigenvalue weighted by atomic mass is 10.2. The predicted molar refractivity (Wildman–Crippen MR) is 56.4 cm³/mol. The first-order chi connectivity index (χ1) is 6.29. The Kier molecular flexibility index (Phi) is 2.34. The summed E-state index contributed by atoms with van der Waals surface area (Å²) < 4.78 is 5.25. The zero-order valence-corrected chi connectivity index (χ0v) is 8.35. The number of hydrogen-bond donors (Lipinski definition) is 1. The van der Waals surface area contributed by atoms with E-state index in [1.54, 1.807) is 6.26 Å². The molecule has 0 unspecified atom stereocenters. The number of thiol groups is 1. The summed E-state index contributed by atoms with van der Waals surface area (Å²) in [6.45, 7) is 0. The molecule has 2 rings (SSSR count). The van der Waals surface area contributed by atoms with Crippen LogP contribution < -0.4 is 0 Å². The van der Waals surface area contributed by atoms with Crippen LogP contribution in [0.15, 0.2) is 45.9 Å². The number of benzene rings is 1. The van der Waals surface area contributed by atoms with Crippen molar-refractivity contribution < 1.29 is 4.42 Å². The number of hydrogen-bond acceptors (Lipinski definition) is 2. The molecular weight excluding hydrogens is 204 g/mol. The standard InChI is InChI=1S/C10H7ClOS/c11-7-3-1-5-9(13)10(7)8-4-2-6-12-8/h1-6,13H. The molecule has 0 radical (unpaired) electrons. The van der Waals surface area contributed by atoms with Crippen molar-refractivity contribution in [3.63, 3.8) is 0 Å². The van der Waals surface area contributed by atoms with E-state index >= 15 is 0 Å². The highest BCUT2D eigenvalue weighted by Crippen LogP contribution is 2.33. The van der Waals surface area contributed by atoms with E-state index in [1.807, 2.05) is 30.3 Å². The molecule has 0 atom stereocenters. The van der Waals surface area contributed by atoms with Crippen molar-refractivity contribution in [2.24, 2.45) is 0 Å². The van der Waals surface area contributed by atoms with Gasteiger partial charge in [-0.3, -0.25) is 0 Å². The van der Waals surface area contributed by atoms with Gasteiger partial charge in [0.25, 0.3) is 0 Å². The summed E-state index contributed by atoms with van der Waals surface area (Å²) in [6.07, 6.45) is 1.62. The zero-order valence-electron chi connectivity index (χ0n) is 6.70. The van der Waals surface area contributed by atoms with E-state index in [9.17, 15) is 0 Å². The maximum Gasteiger partial charge on any atom is 0.136 e. The van der Waals surface area contributed by atoms with Gasteiger partial charge in [0.2, 0.25) is 0 Å². The summed E-state index contributed by atoms with van der Waals surface area (Å²) in [5, 5.41) is 0.655. The molecule has 1 nitrogen and oxygen atoms in total. The van der Waals surface area contributed by atoms with Crippen molar-refractivity contribution >= 4 is 24.2 Å². The molecule has 0 aliphatic rings. The average molecular weight is 211 g/mol. The number of furan rings is 1. The van der Waals surface area contributed by atoms with E-state index in [2.05, 4.69) is 12.6 Å². The Balaban J connectivity index is 2.64. The Morgan fingerprint density at radius 1 is 1.15 bits per heavy atom. The van der Waals surface area contributed by atoms with Gasteiger partial charge in [0.1, 0.15) is 5.76 Å². The SMILES string of the molecule is Sc1cccc(Cl)c1-c1ccco1. The molecule has 0 spiro atoms. The summed E-state index contributed by atoms with van der Waals surface area (Å²) in [5.41, 5.74) is 0.845. The minimum Gasteiger partial charge on any atom is -0.464 e. The van der Waals surface area contributed by atoms with E-state index in [1.165, 1.54) is 0 Å². The summed E-state index contributed by atoms with van der Waals surface area (Å²) in [6, 6.07) is 9.25. The van der Waals surface area contributed by atoms with Crippen LogP contribution in [-0.2, 0) is 0 Å². The van der Waals surface area contributed by atoms with Crippen molar-refractivity contribution in [3.05, 3.63) is 41.6 Å². The van der Waals surface area contributed by atoms with Crippen LogP contribution in [-0.4, -0.2) is 0 Å². The summed E-state index contributed by atoms with van der Waals surface area (Å²) in [7, 11) is 0. The first-order valence-electron chi connectivity index (χ1n) is 3.80. The van der Waals surface area contributed by atoms with Crippen LogP contribution in [0.2, 0.25) is 5.02 Å². The predicted octanol–water partition coefficient (Wildman–Crippen LogP) is 3.89. The lowest BCUT2D eigenvalue weighted by Gasteiger charge is -2.03. The monoisotopic (exact) mass is 210 g/mol. The van der Waals surface area contributed by atoms with Crippen LogP contribution in [0.5, 0.6) is 0 Å². The molecule has 0 saturated carbocycles. The van der Waals surface area contributed by atoms with Crippen LogP contribution in [0.4, 0.5) is 0 Å². The number of rotatable bonds is 1. The van der Waals surface area contributed by atoms with Crippen LogP contribution >= 0.6 is 24.2 Å². The van der Waals surface area contributed by atoms with Crippen molar-refractivity contribution in [1.82, 2.24) is 0 Å². The van der Waals surface area contributed by atoms with Gasteiger partial charge in [-0.25, -0.2) is 0 Å². The van der Waals surface area contributed by atoms with Crippen molar-refractivity contribution in [2.45, 2.75) is 4.90 Å². The van der Waals surface area contributed by atoms with Crippen LogP contribution in [0.1, 0.15) is 0 Å². The summed E-state index contributed by atoms with van der Waals surface area (Å²) in [4.78, 5) is 0.822. The quantitative estimate of drug-likeness (QED) is 0.705. The second kappa shape index (κ2) is 3.48. The highest BCUT2D eigenvalue weighted by Gasteiger charge is 2.08. The maximum atomic E-state index is 6.01. The van der Waals surface area contributed by atoms with Gasteiger partial charge in [0.15, 0.2) is 0 Å². The molecule has 0 aliphatic heterocycles. The second-order valence-electron chi connectivity index (χ2n) is 2.61. The molecular formula is C10H7ClOS. The fourth-order valence-corrected chi connectivity index (χ4v) is 1.83. The number of halogens is 1. The smallest absolute Gasteiger partial charge is 0.136 e. The van der Waals surface area contributed by atoms with E-state index in [0.717, 1.165) is 16.2 Å². The third-order valence-corrected chi connectivity index (χ3v) is 2.45. The van der Waals surface area contributed by atoms with Crippen molar-refractivity contribution in [2.75, 3.05) is 0 Å². The molecule has 1 aromatic heterocycles. The fourth-order valence-electron chi connectivity index (χ4n) is 1.18. The molecule has 1 heterocycles. The fraction of sp³-hybridized carbons (Fsp3) is 0. The van der Waals surface area contributed by atoms with E-state index in [4.69, 9.17) is 16.0 Å². The third-order valence-electron chi connectivity index (χ3n) is 1.76. The topological polar surface area (TPSA) is 13.1 Å². The molecule has 13 heavy (non-hydrogen) atoms. The third kappa shape index (κ3) is 1.60. The van der Waals surface area contributed by atoms with Gasteiger partial charge in [-0.05, 0) is 24.3 Å². The first kappa shape index (κ1) is 8.73. The van der Waals surface area contributed by atoms with Gasteiger partial charge in [-0.1, -0.05) is 17.7 Å². The maximum absolute atomic E-state index is 6.01. The van der Waals surface area contributed by atoms with Crippen molar-refractivity contribution in [3.8, 4) is 11.3 Å². The Hall–Kier alpha value is -0.860. The molecule has 0 N–H and O–H groups in total. The Labute approximate surface area is 86.7 Å². The highest BCUT2D eigenvalue weighted by molar-refractivity contribution is 7.80. The largest absolute Gasteiger partial charge is 0.464 e. The van der Waals surface area contributed by atoms with Crippen LogP contribution in [0, 0.1) is 0 Å². The van der Waals surface area contributed by atoms with Gasteiger partial charge in [-0.15, -0.1) is 12.6 Å². The van der Waals surface area contributed by atoms with E-state index in [-0.39, 0.29) is 0 Å². The van der Waals surface area contributed by atoms with Gasteiger partial charge in [0.05, 0.1) is 11.3 Å². The first-order valence-corrected chi connectivity index (χ1v) is 4.63. The van der Waals surface area contributed by atoms with Crippen LogP contribution in [0.3, 0.4) is 0 Å². The Morgan fingerprint density at radius 2 is 2.00 bits per heavy atom. The molecule has 0 saturated heterocycles. The molecule has 0 amide bonds. The molecule has 0 fully saturated rings. The minimum absolute atomic E-state index is 0.655. The molecule has 3 heteroatoms. The second-order valence-corrected chi connectivity index (χ2v) is 3.50. The molecule has 0 aliphatic carbocycles. The van der Waals surface area contributed by atoms with E-state index < -0.39 is 0 Å². The van der Waals surface area contributed by atoms with Gasteiger partial charge < -0.3 is 4.42 Å². The summed E-state index contributed by atoms with van der Waals surface area (Å²) in [5.74, 6) is 0.746. The molecule has 0 bridgehead atoms. The lowest BCUT2D eigenvalue weighted by molar-refractivity contribution is 0.581. The normalized spacial score (nSPS) is 10.3. The lowest BCUT2D eigenvalue weighted by Crippen LogP contribution is -1.78. The van der Waals surface area contributed by atoms with Gasteiger partial charge >= 0.3 is 0 Å². The molecule has 66 valence electrons. The van der Waals surface area contributed by atoms with Crippen LogP contribution in [0.25, 0.3) is 11.3 Å². The molecule has 2 aromatic rings. The molecule has 1 aromatic carbocycles. The minimum atomic E-state index is 0.655. The Bertz CT molecular complexity index is 389. The van der Waals surface area contributed by atoms with Crippen molar-refractivity contribution in [1.29, 1.82) is 0 Å². The van der Waals surface area contributed by atoms with Gasteiger partial charge in [0, 0.05) is 10.5 Å². The summed E-state index contributed by atoms with van der Waals surface area (Å²) >= 11 is 10.3.